The highest BCUT2D eigenvalue weighted by Gasteiger charge is 2.21. The Balaban J connectivity index is 1.70. The Labute approximate surface area is 141 Å². The van der Waals surface area contributed by atoms with Gasteiger partial charge in [0.25, 0.3) is 0 Å². The Morgan fingerprint density at radius 1 is 0.875 bits per heavy atom. The monoisotopic (exact) mass is 324 g/mol. The number of para-hydroxylation sites is 1. The first-order valence-corrected chi connectivity index (χ1v) is 7.99. The molecule has 1 heterocycles. The zero-order valence-electron chi connectivity index (χ0n) is 13.6. The molecule has 1 aliphatic heterocycles. The summed E-state index contributed by atoms with van der Waals surface area (Å²) in [6, 6.07) is 14.8. The van der Waals surface area contributed by atoms with Crippen molar-refractivity contribution in [1.82, 2.24) is 0 Å². The van der Waals surface area contributed by atoms with E-state index in [0.717, 1.165) is 37.6 Å². The molecule has 1 aliphatic rings. The third-order valence-electron chi connectivity index (χ3n) is 4.39. The fourth-order valence-electron chi connectivity index (χ4n) is 3.04. The van der Waals surface area contributed by atoms with E-state index in [1.807, 2.05) is 36.4 Å². The smallest absolute Gasteiger partial charge is 0.337 e. The van der Waals surface area contributed by atoms with Gasteiger partial charge in [-0.3, -0.25) is 4.79 Å². The number of ketones is 1. The molecule has 1 N–H and O–H groups in total. The molecule has 0 unspecified atom stereocenters. The van der Waals surface area contributed by atoms with Gasteiger partial charge in [0, 0.05) is 37.4 Å². The summed E-state index contributed by atoms with van der Waals surface area (Å²) < 4.78 is 0. The Bertz CT molecular complexity index is 747. The molecule has 0 amide bonds. The number of anilines is 2. The minimum Gasteiger partial charge on any atom is -0.478 e. The number of carboxylic acid groups (broad SMARTS) is 1. The molecule has 0 radical (unpaired) electrons. The molecule has 0 saturated carbocycles. The van der Waals surface area contributed by atoms with Crippen molar-refractivity contribution >= 4 is 23.1 Å². The van der Waals surface area contributed by atoms with E-state index < -0.39 is 5.97 Å². The molecule has 0 aliphatic carbocycles. The minimum atomic E-state index is -0.896. The van der Waals surface area contributed by atoms with Crippen LogP contribution in [0.25, 0.3) is 0 Å². The quantitative estimate of drug-likeness (QED) is 0.876. The van der Waals surface area contributed by atoms with Crippen LogP contribution in [0.15, 0.2) is 48.5 Å². The van der Waals surface area contributed by atoms with Crippen LogP contribution >= 0.6 is 0 Å². The number of piperazine rings is 1. The van der Waals surface area contributed by atoms with E-state index in [1.54, 1.807) is 19.1 Å². The molecule has 0 spiro atoms. The molecule has 1 saturated heterocycles. The lowest BCUT2D eigenvalue weighted by Crippen LogP contribution is -2.47. The van der Waals surface area contributed by atoms with Gasteiger partial charge in [0.2, 0.25) is 0 Å². The normalized spacial score (nSPS) is 14.5. The van der Waals surface area contributed by atoms with Gasteiger partial charge in [-0.25, -0.2) is 4.79 Å². The Morgan fingerprint density at radius 3 is 2.04 bits per heavy atom. The predicted octanol–water partition coefficient (Wildman–Crippen LogP) is 2.91. The molecular weight excluding hydrogens is 304 g/mol. The fourth-order valence-corrected chi connectivity index (χ4v) is 3.04. The largest absolute Gasteiger partial charge is 0.478 e. The zero-order chi connectivity index (χ0) is 17.1. The molecule has 1 fully saturated rings. The summed E-state index contributed by atoms with van der Waals surface area (Å²) in [6.07, 6.45) is 0. The van der Waals surface area contributed by atoms with Crippen molar-refractivity contribution in [2.24, 2.45) is 0 Å². The highest BCUT2D eigenvalue weighted by atomic mass is 16.4. The van der Waals surface area contributed by atoms with E-state index in [9.17, 15) is 14.7 Å². The van der Waals surface area contributed by atoms with Gasteiger partial charge in [-0.2, -0.15) is 0 Å². The van der Waals surface area contributed by atoms with Crippen molar-refractivity contribution < 1.29 is 14.7 Å². The van der Waals surface area contributed by atoms with Crippen LogP contribution in [0, 0.1) is 0 Å². The van der Waals surface area contributed by atoms with Gasteiger partial charge in [0.1, 0.15) is 0 Å². The van der Waals surface area contributed by atoms with Crippen LogP contribution in [0.2, 0.25) is 0 Å². The first kappa shape index (κ1) is 16.1. The molecule has 124 valence electrons. The van der Waals surface area contributed by atoms with E-state index in [-0.39, 0.29) is 5.78 Å². The topological polar surface area (TPSA) is 60.9 Å². The van der Waals surface area contributed by atoms with Gasteiger partial charge in [-0.05, 0) is 43.3 Å². The van der Waals surface area contributed by atoms with Crippen LogP contribution in [-0.4, -0.2) is 43.0 Å². The molecule has 2 aromatic rings. The van der Waals surface area contributed by atoms with Crippen LogP contribution in [-0.2, 0) is 0 Å². The van der Waals surface area contributed by atoms with Crippen LogP contribution < -0.4 is 9.80 Å². The SMILES string of the molecule is CC(=O)c1ccc(N2CCN(c3ccccc3C(=O)O)CC2)cc1. The lowest BCUT2D eigenvalue weighted by molar-refractivity contribution is 0.0697. The zero-order valence-corrected chi connectivity index (χ0v) is 13.6. The number of carboxylic acids is 1. The number of hydrogen-bond acceptors (Lipinski definition) is 4. The third-order valence-corrected chi connectivity index (χ3v) is 4.39. The summed E-state index contributed by atoms with van der Waals surface area (Å²) in [5.41, 5.74) is 2.92. The van der Waals surface area contributed by atoms with E-state index in [1.165, 1.54) is 0 Å². The minimum absolute atomic E-state index is 0.0663. The van der Waals surface area contributed by atoms with Crippen molar-refractivity contribution in [1.29, 1.82) is 0 Å². The van der Waals surface area contributed by atoms with Crippen molar-refractivity contribution in [3.63, 3.8) is 0 Å². The molecule has 24 heavy (non-hydrogen) atoms. The van der Waals surface area contributed by atoms with Gasteiger partial charge >= 0.3 is 5.97 Å². The number of carbonyl (C=O) groups is 2. The number of benzene rings is 2. The van der Waals surface area contributed by atoms with Crippen LogP contribution in [0.1, 0.15) is 27.6 Å². The first-order chi connectivity index (χ1) is 11.6. The van der Waals surface area contributed by atoms with E-state index in [4.69, 9.17) is 0 Å². The average molecular weight is 324 g/mol. The first-order valence-electron chi connectivity index (χ1n) is 7.99. The summed E-state index contributed by atoms with van der Waals surface area (Å²) in [6.45, 7) is 4.71. The van der Waals surface area contributed by atoms with Crippen molar-refractivity contribution in [2.45, 2.75) is 6.92 Å². The number of aromatic carboxylic acids is 1. The average Bonchev–Trinajstić information content (AvgIpc) is 2.62. The van der Waals surface area contributed by atoms with E-state index in [2.05, 4.69) is 9.80 Å². The second-order valence-electron chi connectivity index (χ2n) is 5.90. The maximum Gasteiger partial charge on any atom is 0.337 e. The lowest BCUT2D eigenvalue weighted by atomic mass is 10.1. The standard InChI is InChI=1S/C19H20N2O3/c1-14(22)15-6-8-16(9-7-15)20-10-12-21(13-11-20)18-5-3-2-4-17(18)19(23)24/h2-9H,10-13H2,1H3,(H,23,24). The summed E-state index contributed by atoms with van der Waals surface area (Å²) in [5, 5.41) is 9.33. The third kappa shape index (κ3) is 3.25. The summed E-state index contributed by atoms with van der Waals surface area (Å²) in [4.78, 5) is 27.1. The molecular formula is C19H20N2O3. The number of nitrogens with zero attached hydrogens (tertiary/aromatic N) is 2. The molecule has 5 heteroatoms. The molecule has 5 nitrogen and oxygen atoms in total. The number of Topliss-reactive ketones (excluding diaryl/α,β-unsaturated/α-hetero) is 1. The van der Waals surface area contributed by atoms with Gasteiger partial charge in [-0.15, -0.1) is 0 Å². The number of carbonyl (C=O) groups excluding carboxylic acids is 1. The number of hydrogen-bond donors (Lipinski definition) is 1. The predicted molar refractivity (Wildman–Crippen MR) is 94.3 cm³/mol. The second kappa shape index (κ2) is 6.74. The Morgan fingerprint density at radius 2 is 1.46 bits per heavy atom. The van der Waals surface area contributed by atoms with Crippen molar-refractivity contribution in [3.05, 3.63) is 59.7 Å². The molecule has 2 aromatic carbocycles. The molecule has 0 atom stereocenters. The summed E-state index contributed by atoms with van der Waals surface area (Å²) >= 11 is 0. The van der Waals surface area contributed by atoms with Crippen LogP contribution in [0.3, 0.4) is 0 Å². The van der Waals surface area contributed by atoms with Crippen molar-refractivity contribution in [2.75, 3.05) is 36.0 Å². The number of rotatable bonds is 4. The molecule has 0 aromatic heterocycles. The summed E-state index contributed by atoms with van der Waals surface area (Å²) in [7, 11) is 0. The Kier molecular flexibility index (Phi) is 4.51. The summed E-state index contributed by atoms with van der Waals surface area (Å²) in [5.74, 6) is -0.829. The lowest BCUT2D eigenvalue weighted by Gasteiger charge is -2.37. The molecule has 0 bridgehead atoms. The van der Waals surface area contributed by atoms with Crippen LogP contribution in [0.5, 0.6) is 0 Å². The maximum absolute atomic E-state index is 11.4. The highest BCUT2D eigenvalue weighted by Crippen LogP contribution is 2.24. The second-order valence-corrected chi connectivity index (χ2v) is 5.90. The van der Waals surface area contributed by atoms with Gasteiger partial charge in [0.15, 0.2) is 5.78 Å². The van der Waals surface area contributed by atoms with Crippen LogP contribution in [0.4, 0.5) is 11.4 Å². The van der Waals surface area contributed by atoms with Crippen molar-refractivity contribution in [3.8, 4) is 0 Å². The highest BCUT2D eigenvalue weighted by molar-refractivity contribution is 5.95. The van der Waals surface area contributed by atoms with E-state index >= 15 is 0 Å². The van der Waals surface area contributed by atoms with Gasteiger partial charge in [-0.1, -0.05) is 12.1 Å². The Hall–Kier alpha value is -2.82. The van der Waals surface area contributed by atoms with E-state index in [0.29, 0.717) is 11.1 Å². The van der Waals surface area contributed by atoms with Gasteiger partial charge < -0.3 is 14.9 Å². The molecule has 3 rings (SSSR count). The fraction of sp³-hybridized carbons (Fsp3) is 0.263. The maximum atomic E-state index is 11.4. The van der Waals surface area contributed by atoms with Gasteiger partial charge in [0.05, 0.1) is 11.3 Å².